The maximum absolute atomic E-state index is 8.25. The number of benzene rings is 4. The Kier molecular flexibility index (Phi) is 13.4. The van der Waals surface area contributed by atoms with Crippen molar-refractivity contribution in [1.29, 1.82) is 0 Å². The molecule has 0 spiro atoms. The fourth-order valence-corrected chi connectivity index (χ4v) is 5.94. The van der Waals surface area contributed by atoms with Crippen LogP contribution in [0.15, 0.2) is 97.1 Å². The van der Waals surface area contributed by atoms with Crippen molar-refractivity contribution in [1.82, 2.24) is 29.9 Å². The van der Waals surface area contributed by atoms with Crippen LogP contribution >= 0.6 is 0 Å². The molecule has 0 saturated carbocycles. The topological polar surface area (TPSA) is 105 Å². The average Bonchev–Trinajstić information content (AvgIpc) is 3.88. The molecule has 2 aliphatic rings. The van der Waals surface area contributed by atoms with E-state index in [2.05, 4.69) is 14.1 Å². The van der Waals surface area contributed by atoms with E-state index in [1.54, 1.807) is 9.13 Å². The summed E-state index contributed by atoms with van der Waals surface area (Å²) in [4.78, 5) is 30.2. The number of aromatic nitrogens is 8. The second kappa shape index (κ2) is 17.4. The fourth-order valence-electron chi connectivity index (χ4n) is 5.94. The van der Waals surface area contributed by atoms with Crippen LogP contribution in [0.5, 0.6) is 0 Å². The van der Waals surface area contributed by atoms with Gasteiger partial charge in [0.25, 0.3) is 0 Å². The molecule has 0 N–H and O–H groups in total. The first-order valence-electron chi connectivity index (χ1n) is 16.7. The monoisotopic (exact) mass is 966 g/mol. The van der Waals surface area contributed by atoms with Crippen LogP contribution < -0.4 is 19.1 Å². The second-order valence-electron chi connectivity index (χ2n) is 10.3. The molecular formula is C41H41FmN8OTi-. The first-order valence-corrected chi connectivity index (χ1v) is 17.4. The quantitative estimate of drug-likeness (QED) is 0.0853. The molecule has 7 aromatic rings. The molecule has 9 rings (SSSR count). The van der Waals surface area contributed by atoms with Crippen LogP contribution in [0.25, 0.3) is 89.7 Å². The summed E-state index contributed by atoms with van der Waals surface area (Å²) < 4.78 is 11.8. The Hall–Kier alpha value is -6.51. The van der Waals surface area contributed by atoms with Crippen molar-refractivity contribution in [3.8, 4) is 45.6 Å². The molecule has 5 heterocycles. The average molecular weight is 967 g/mol. The van der Waals surface area contributed by atoms with Gasteiger partial charge in [0.15, 0.2) is 11.5 Å². The van der Waals surface area contributed by atoms with Crippen molar-refractivity contribution in [2.24, 2.45) is 0 Å². The van der Waals surface area contributed by atoms with Gasteiger partial charge in [-0.3, -0.25) is 0 Å². The van der Waals surface area contributed by atoms with Crippen LogP contribution in [0, 0.1) is 21.5 Å². The molecule has 4 aromatic carbocycles. The summed E-state index contributed by atoms with van der Waals surface area (Å²) in [6.07, 6.45) is 0. The third-order valence-electron chi connectivity index (χ3n) is 7.93. The van der Waals surface area contributed by atoms with Gasteiger partial charge in [-0.25, -0.2) is 0 Å². The summed E-state index contributed by atoms with van der Waals surface area (Å²) in [5, 5.41) is 3.59. The van der Waals surface area contributed by atoms with Crippen LogP contribution in [0.2, 0.25) is 0 Å². The Labute approximate surface area is 311 Å². The van der Waals surface area contributed by atoms with E-state index in [0.717, 1.165) is 64.2 Å². The molecule has 0 amide bonds. The normalized spacial score (nSPS) is 10.2. The number of hydrogen-bond acceptors (Lipinski definition) is 5. The zero-order chi connectivity index (χ0) is 35.9. The molecule has 2 aliphatic heterocycles. The number of rotatable bonds is 0. The molecule has 0 saturated heterocycles. The molecule has 268 valence electrons. The summed E-state index contributed by atoms with van der Waals surface area (Å²) in [5.74, 6) is 2.61. The van der Waals surface area contributed by atoms with Gasteiger partial charge in [0.1, 0.15) is 0 Å². The number of fused-ring (bicyclic) bond motifs is 20. The minimum atomic E-state index is 0. The maximum atomic E-state index is 8.25. The Balaban J connectivity index is 0.000000686. The van der Waals surface area contributed by atoms with Crippen LogP contribution in [0.3, 0.4) is 0 Å². The first kappa shape index (κ1) is 39.9. The fraction of sp³-hybridized carbons (Fsp3) is 0.146. The van der Waals surface area contributed by atoms with E-state index in [-0.39, 0.29) is 7.43 Å². The molecule has 0 aliphatic carbocycles. The van der Waals surface area contributed by atoms with E-state index >= 15 is 0 Å². The van der Waals surface area contributed by atoms with E-state index < -0.39 is 0 Å². The molecule has 0 radical (unpaired) electrons. The van der Waals surface area contributed by atoms with Gasteiger partial charge in [-0.15, -0.1) is 0 Å². The molecule has 0 fully saturated rings. The minimum absolute atomic E-state index is 0. The van der Waals surface area contributed by atoms with Crippen LogP contribution in [0.4, 0.5) is 0 Å². The van der Waals surface area contributed by atoms with E-state index in [1.807, 2.05) is 139 Å². The predicted octanol–water partition coefficient (Wildman–Crippen LogP) is 8.60. The zero-order valence-corrected chi connectivity index (χ0v) is 34.4. The van der Waals surface area contributed by atoms with Crippen LogP contribution in [0.1, 0.15) is 41.5 Å². The van der Waals surface area contributed by atoms with Crippen molar-refractivity contribution in [2.45, 2.75) is 41.5 Å². The molecule has 0 unspecified atom stereocenters. The molecule has 0 atom stereocenters. The van der Waals surface area contributed by atoms with Crippen molar-refractivity contribution in [3.05, 3.63) is 119 Å². The standard InChI is InChI=1S/C34H20N8.3C2H6.CH3.Fm.O.Ti/c1-41-31-23-15-7-8-16-24(23)32(41)38-28-20-12-4-6-14-22(20)30(36-28)40-34-26-18-10-9-17-25(26)33(42(34)2)39-29-21-13-5-3-11-19(21)27(35-29)37-31;3*1-2;;;;/h3-18H,1-2H2;3*1-2H3;1H3;;;/q-2;;;;-1;;;+2. The molecular weight excluding hydrogens is 925 g/mol. The SMILES string of the molecule is CC.CC.CC.[CH2-][n+]1c2nc3[n-]c(nc4[n+]([CH2-])c(nc5[n-]c(nc1-c1ccccc1-2)c1ccccc51)-c1ccccc1-4)c1ccccc31.[CH3-].[Fm].[O]=[Ti+2]. The predicted molar refractivity (Wildman–Crippen MR) is 201 cm³/mol. The summed E-state index contributed by atoms with van der Waals surface area (Å²) >= 11 is 0.750. The van der Waals surface area contributed by atoms with Crippen LogP contribution in [-0.4, -0.2) is 19.9 Å². The van der Waals surface area contributed by atoms with E-state index in [4.69, 9.17) is 33.2 Å². The van der Waals surface area contributed by atoms with Crippen molar-refractivity contribution in [3.63, 3.8) is 0 Å². The van der Waals surface area contributed by atoms with E-state index in [0.29, 0.717) is 45.9 Å². The third-order valence-corrected chi connectivity index (χ3v) is 7.93. The van der Waals surface area contributed by atoms with Gasteiger partial charge in [-0.05, 0) is 38.4 Å². The summed E-state index contributed by atoms with van der Waals surface area (Å²) in [6, 6.07) is 32.1. The Morgan fingerprint density at radius 3 is 0.846 bits per heavy atom. The van der Waals surface area contributed by atoms with Gasteiger partial charge in [0.05, 0.1) is 0 Å². The first-order chi connectivity index (χ1) is 24.7. The summed E-state index contributed by atoms with van der Waals surface area (Å²) in [7, 11) is 8.73. The summed E-state index contributed by atoms with van der Waals surface area (Å²) in [5.41, 5.74) is 5.93. The summed E-state index contributed by atoms with van der Waals surface area (Å²) in [6.45, 7) is 12.0. The van der Waals surface area contributed by atoms with Crippen LogP contribution in [-0.2, 0) is 23.7 Å². The molecule has 3 aromatic heterocycles. The molecule has 52 heavy (non-hydrogen) atoms. The van der Waals surface area contributed by atoms with Crippen molar-refractivity contribution < 1.29 is 32.9 Å². The van der Waals surface area contributed by atoms with E-state index in [1.165, 1.54) is 0 Å². The van der Waals surface area contributed by atoms with Gasteiger partial charge < -0.3 is 41.5 Å². The molecule has 11 heteroatoms. The molecule has 9 nitrogen and oxygen atoms in total. The Morgan fingerprint density at radius 1 is 0.442 bits per heavy atom. The van der Waals surface area contributed by atoms with Gasteiger partial charge in [-0.2, -0.15) is 4.98 Å². The van der Waals surface area contributed by atoms with Gasteiger partial charge >= 0.3 is 23.7 Å². The van der Waals surface area contributed by atoms with Gasteiger partial charge in [0.2, 0.25) is 0 Å². The zero-order valence-electron chi connectivity index (χ0n) is 30.4. The van der Waals surface area contributed by atoms with Crippen molar-refractivity contribution in [2.75, 3.05) is 0 Å². The third kappa shape index (κ3) is 6.55. The second-order valence-corrected chi connectivity index (χ2v) is 10.3. The van der Waals surface area contributed by atoms with E-state index in [9.17, 15) is 0 Å². The number of hydrogen-bond donors (Lipinski definition) is 0. The number of nitrogens with zero attached hydrogens (tertiary/aromatic N) is 8. The molecule has 8 bridgehead atoms. The Morgan fingerprint density at radius 2 is 0.635 bits per heavy atom. The Bertz CT molecular complexity index is 2160. The van der Waals surface area contributed by atoms with Gasteiger partial charge in [0, 0.05) is 39.8 Å². The van der Waals surface area contributed by atoms with Gasteiger partial charge in [-0.1, -0.05) is 153 Å². The van der Waals surface area contributed by atoms with Crippen molar-refractivity contribution >= 4 is 44.1 Å².